The molecule has 0 radical (unpaired) electrons. The van der Waals surface area contributed by atoms with Crippen LogP contribution in [0, 0.1) is 0 Å². The fraction of sp³-hybridized carbons (Fsp3) is 0.667. The van der Waals surface area contributed by atoms with E-state index in [2.05, 4.69) is 15.3 Å². The van der Waals surface area contributed by atoms with Gasteiger partial charge in [0.2, 0.25) is 11.8 Å². The zero-order chi connectivity index (χ0) is 13.9. The van der Waals surface area contributed by atoms with Crippen LogP contribution in [0.1, 0.15) is 5.56 Å². The zero-order valence-corrected chi connectivity index (χ0v) is 11.6. The molecule has 7 nitrogen and oxygen atoms in total. The molecule has 0 aliphatic rings. The molecule has 0 atom stereocenters. The number of nitrogens with one attached hydrogen (secondary N) is 1. The van der Waals surface area contributed by atoms with E-state index in [-0.39, 0.29) is 0 Å². The fourth-order valence-corrected chi connectivity index (χ4v) is 1.49. The van der Waals surface area contributed by atoms with E-state index in [1.54, 1.807) is 21.3 Å². The van der Waals surface area contributed by atoms with Crippen molar-refractivity contribution >= 4 is 0 Å². The molecule has 1 aromatic rings. The summed E-state index contributed by atoms with van der Waals surface area (Å²) in [6.45, 7) is 3.08. The van der Waals surface area contributed by atoms with Crippen LogP contribution in [-0.2, 0) is 16.0 Å². The molecule has 0 fully saturated rings. The van der Waals surface area contributed by atoms with Crippen LogP contribution >= 0.6 is 0 Å². The highest BCUT2D eigenvalue weighted by Gasteiger charge is 2.11. The topological polar surface area (TPSA) is 74.7 Å². The normalized spacial score (nSPS) is 10.5. The van der Waals surface area contributed by atoms with Gasteiger partial charge in [-0.25, -0.2) is 9.97 Å². The number of nitrogens with zero attached hydrogens (tertiary/aromatic N) is 2. The van der Waals surface area contributed by atoms with Crippen LogP contribution in [0.2, 0.25) is 0 Å². The van der Waals surface area contributed by atoms with Crippen LogP contribution in [0.3, 0.4) is 0 Å². The zero-order valence-electron chi connectivity index (χ0n) is 11.6. The molecule has 7 heteroatoms. The summed E-state index contributed by atoms with van der Waals surface area (Å²) >= 11 is 0. The first-order chi connectivity index (χ1) is 9.33. The Hall–Kier alpha value is -1.44. The number of rotatable bonds is 10. The molecular weight excluding hydrogens is 250 g/mol. The van der Waals surface area contributed by atoms with Crippen molar-refractivity contribution in [2.75, 3.05) is 47.7 Å². The van der Waals surface area contributed by atoms with E-state index in [4.69, 9.17) is 18.9 Å². The Morgan fingerprint density at radius 1 is 1.00 bits per heavy atom. The van der Waals surface area contributed by atoms with Gasteiger partial charge in [-0.15, -0.1) is 0 Å². The Morgan fingerprint density at radius 3 is 2.26 bits per heavy atom. The molecule has 1 heterocycles. The first-order valence-corrected chi connectivity index (χ1v) is 6.02. The van der Waals surface area contributed by atoms with E-state index in [1.807, 2.05) is 0 Å². The molecule has 108 valence electrons. The lowest BCUT2D eigenvalue weighted by Crippen LogP contribution is -2.21. The minimum atomic E-state index is 0.514. The van der Waals surface area contributed by atoms with Crippen molar-refractivity contribution in [3.05, 3.63) is 11.9 Å². The molecule has 1 aromatic heterocycles. The quantitative estimate of drug-likeness (QED) is 0.611. The Labute approximate surface area is 113 Å². The summed E-state index contributed by atoms with van der Waals surface area (Å²) in [5.74, 6) is 1.03. The largest absolute Gasteiger partial charge is 0.481 e. The molecule has 19 heavy (non-hydrogen) atoms. The summed E-state index contributed by atoms with van der Waals surface area (Å²) in [5.41, 5.74) is 0.796. The molecule has 0 saturated carbocycles. The summed E-state index contributed by atoms with van der Waals surface area (Å²) in [7, 11) is 4.79. The van der Waals surface area contributed by atoms with Gasteiger partial charge in [0.05, 0.1) is 39.6 Å². The van der Waals surface area contributed by atoms with Crippen LogP contribution in [0.5, 0.6) is 11.8 Å². The highest BCUT2D eigenvalue weighted by molar-refractivity contribution is 5.34. The third-order valence-electron chi connectivity index (χ3n) is 2.41. The van der Waals surface area contributed by atoms with Gasteiger partial charge in [-0.2, -0.15) is 0 Å². The van der Waals surface area contributed by atoms with E-state index in [0.29, 0.717) is 44.7 Å². The van der Waals surface area contributed by atoms with E-state index >= 15 is 0 Å². The minimum Gasteiger partial charge on any atom is -0.481 e. The molecule has 0 aliphatic heterocycles. The van der Waals surface area contributed by atoms with Crippen LogP contribution in [0.15, 0.2) is 6.33 Å². The molecule has 0 unspecified atom stereocenters. The van der Waals surface area contributed by atoms with Gasteiger partial charge in [-0.1, -0.05) is 0 Å². The highest BCUT2D eigenvalue weighted by Crippen LogP contribution is 2.22. The second kappa shape index (κ2) is 9.48. The molecule has 0 aromatic carbocycles. The van der Waals surface area contributed by atoms with Gasteiger partial charge < -0.3 is 24.3 Å². The average molecular weight is 271 g/mol. The van der Waals surface area contributed by atoms with Crippen molar-refractivity contribution in [3.63, 3.8) is 0 Å². The van der Waals surface area contributed by atoms with E-state index in [9.17, 15) is 0 Å². The van der Waals surface area contributed by atoms with Crippen LogP contribution in [0.4, 0.5) is 0 Å². The SMILES string of the molecule is COCCOCCNCc1c(OC)ncnc1OC. The van der Waals surface area contributed by atoms with Gasteiger partial charge in [0.1, 0.15) is 6.33 Å². The van der Waals surface area contributed by atoms with Gasteiger partial charge in [-0.05, 0) is 0 Å². The molecule has 0 spiro atoms. The lowest BCUT2D eigenvalue weighted by atomic mass is 10.3. The lowest BCUT2D eigenvalue weighted by Gasteiger charge is -2.11. The van der Waals surface area contributed by atoms with Gasteiger partial charge in [-0.3, -0.25) is 0 Å². The third kappa shape index (κ3) is 5.37. The van der Waals surface area contributed by atoms with E-state index in [0.717, 1.165) is 5.56 Å². The lowest BCUT2D eigenvalue weighted by molar-refractivity contribution is 0.0718. The predicted molar refractivity (Wildman–Crippen MR) is 69.5 cm³/mol. The molecule has 0 amide bonds. The fourth-order valence-electron chi connectivity index (χ4n) is 1.49. The van der Waals surface area contributed by atoms with Crippen molar-refractivity contribution in [2.45, 2.75) is 6.54 Å². The second-order valence-corrected chi connectivity index (χ2v) is 3.65. The first kappa shape index (κ1) is 15.6. The van der Waals surface area contributed by atoms with E-state index < -0.39 is 0 Å². The molecule has 1 N–H and O–H groups in total. The summed E-state index contributed by atoms with van der Waals surface area (Å²) in [4.78, 5) is 8.09. The maximum atomic E-state index is 5.34. The van der Waals surface area contributed by atoms with E-state index in [1.165, 1.54) is 6.33 Å². The number of aromatic nitrogens is 2. The molecule has 0 bridgehead atoms. The van der Waals surface area contributed by atoms with Crippen molar-refractivity contribution in [3.8, 4) is 11.8 Å². The Morgan fingerprint density at radius 2 is 1.68 bits per heavy atom. The number of hydrogen-bond donors (Lipinski definition) is 1. The minimum absolute atomic E-state index is 0.514. The number of ether oxygens (including phenoxy) is 4. The van der Waals surface area contributed by atoms with Gasteiger partial charge in [0.15, 0.2) is 0 Å². The highest BCUT2D eigenvalue weighted by atomic mass is 16.5. The smallest absolute Gasteiger partial charge is 0.224 e. The average Bonchev–Trinajstić information content (AvgIpc) is 2.46. The Balaban J connectivity index is 2.35. The number of hydrogen-bond acceptors (Lipinski definition) is 7. The van der Waals surface area contributed by atoms with Crippen molar-refractivity contribution in [1.82, 2.24) is 15.3 Å². The Bertz CT molecular complexity index is 341. The number of methoxy groups -OCH3 is 3. The maximum Gasteiger partial charge on any atom is 0.224 e. The van der Waals surface area contributed by atoms with Gasteiger partial charge >= 0.3 is 0 Å². The molecule has 1 rings (SSSR count). The van der Waals surface area contributed by atoms with Gasteiger partial charge in [0, 0.05) is 20.2 Å². The third-order valence-corrected chi connectivity index (χ3v) is 2.41. The molecule has 0 saturated heterocycles. The Kier molecular flexibility index (Phi) is 7.80. The second-order valence-electron chi connectivity index (χ2n) is 3.65. The summed E-state index contributed by atoms with van der Waals surface area (Å²) in [6.07, 6.45) is 1.41. The first-order valence-electron chi connectivity index (χ1n) is 6.02. The molecule has 0 aliphatic carbocycles. The van der Waals surface area contributed by atoms with Crippen LogP contribution in [-0.4, -0.2) is 57.7 Å². The molecular formula is C12H21N3O4. The van der Waals surface area contributed by atoms with Crippen LogP contribution < -0.4 is 14.8 Å². The van der Waals surface area contributed by atoms with Crippen molar-refractivity contribution in [1.29, 1.82) is 0 Å². The van der Waals surface area contributed by atoms with Crippen molar-refractivity contribution < 1.29 is 18.9 Å². The summed E-state index contributed by atoms with van der Waals surface area (Å²) in [5, 5.41) is 3.22. The summed E-state index contributed by atoms with van der Waals surface area (Å²) < 4.78 is 20.6. The van der Waals surface area contributed by atoms with Crippen molar-refractivity contribution in [2.24, 2.45) is 0 Å². The van der Waals surface area contributed by atoms with Gasteiger partial charge in [0.25, 0.3) is 0 Å². The predicted octanol–water partition coefficient (Wildman–Crippen LogP) is 0.246. The standard InChI is InChI=1S/C12H21N3O4/c1-16-6-7-19-5-4-13-8-10-11(17-2)14-9-15-12(10)18-3/h9,13H,4-8H2,1-3H3. The monoisotopic (exact) mass is 271 g/mol. The van der Waals surface area contributed by atoms with Crippen LogP contribution in [0.25, 0.3) is 0 Å². The summed E-state index contributed by atoms with van der Waals surface area (Å²) in [6, 6.07) is 0. The maximum absolute atomic E-state index is 5.34.